The topological polar surface area (TPSA) is 65.8 Å². The second kappa shape index (κ2) is 1.65. The van der Waals surface area contributed by atoms with Gasteiger partial charge in [-0.2, -0.15) is 0 Å². The maximum absolute atomic E-state index is 10.3. The summed E-state index contributed by atoms with van der Waals surface area (Å²) in [5.41, 5.74) is 5.06. The summed E-state index contributed by atoms with van der Waals surface area (Å²) in [6.45, 7) is 0. The molecule has 2 N–H and O–H groups in total. The number of aromatic nitrogens is 2. The number of rotatable bonds is 0. The van der Waals surface area contributed by atoms with Crippen molar-refractivity contribution >= 4 is 5.95 Å². The van der Waals surface area contributed by atoms with Gasteiger partial charge < -0.3 is 5.21 Å². The lowest BCUT2D eigenvalue weighted by atomic mass is 10.7. The Bertz CT molecular complexity index is 167. The molecule has 0 fully saturated rings. The lowest BCUT2D eigenvalue weighted by Crippen LogP contribution is -2.30. The molecule has 0 amide bonds. The first-order valence-electron chi connectivity index (χ1n) is 2.10. The monoisotopic (exact) mass is 111 g/mol. The fourth-order valence-corrected chi connectivity index (χ4v) is 0.369. The van der Waals surface area contributed by atoms with Crippen LogP contribution in [0.3, 0.4) is 0 Å². The third-order valence-electron chi connectivity index (χ3n) is 0.740. The molecule has 1 heterocycles. The smallest absolute Gasteiger partial charge is 0.389 e. The van der Waals surface area contributed by atoms with Gasteiger partial charge in [-0.1, -0.05) is 4.98 Å². The second-order valence-electron chi connectivity index (χ2n) is 1.30. The molecule has 0 unspecified atom stereocenters. The van der Waals surface area contributed by atoms with Crippen LogP contribution in [0.5, 0.6) is 0 Å². The Balaban J connectivity index is 3.13. The van der Waals surface area contributed by atoms with Crippen molar-refractivity contribution in [2.75, 3.05) is 5.73 Å². The van der Waals surface area contributed by atoms with E-state index in [0.717, 1.165) is 0 Å². The van der Waals surface area contributed by atoms with Crippen LogP contribution in [0.4, 0.5) is 5.95 Å². The van der Waals surface area contributed by atoms with Crippen molar-refractivity contribution < 1.29 is 4.73 Å². The Morgan fingerprint density at radius 1 is 1.75 bits per heavy atom. The summed E-state index contributed by atoms with van der Waals surface area (Å²) in [6, 6.07) is 1.52. The molecule has 0 aliphatic rings. The largest absolute Gasteiger partial charge is 0.740 e. The summed E-state index contributed by atoms with van der Waals surface area (Å²) in [5.74, 6) is -0.0208. The van der Waals surface area contributed by atoms with Gasteiger partial charge in [-0.05, 0) is 0 Å². The molecule has 0 saturated heterocycles. The van der Waals surface area contributed by atoms with Crippen molar-refractivity contribution in [3.05, 3.63) is 23.7 Å². The molecule has 0 spiro atoms. The molecule has 42 valence electrons. The molecule has 0 radical (unpaired) electrons. The number of hydrogen-bond acceptors (Lipinski definition) is 3. The van der Waals surface area contributed by atoms with Crippen LogP contribution in [0.25, 0.3) is 0 Å². The number of hydrogen-bond donors (Lipinski definition) is 1. The number of nitrogens with two attached hydrogens (primary N) is 1. The molecule has 1 aromatic rings. The highest BCUT2D eigenvalue weighted by Gasteiger charge is 1.90. The number of anilines is 1. The van der Waals surface area contributed by atoms with Crippen LogP contribution >= 0.6 is 0 Å². The fourth-order valence-electron chi connectivity index (χ4n) is 0.369. The zero-order valence-corrected chi connectivity index (χ0v) is 4.11. The van der Waals surface area contributed by atoms with Crippen molar-refractivity contribution in [2.24, 2.45) is 0 Å². The molecule has 0 bridgehead atoms. The summed E-state index contributed by atoms with van der Waals surface area (Å²) >= 11 is 0. The predicted octanol–water partition coefficient (Wildman–Crippen LogP) is -0.703. The fraction of sp³-hybridized carbons (Fsp3) is 0. The summed E-state index contributed by atoms with van der Waals surface area (Å²) in [5, 5.41) is 10.3. The van der Waals surface area contributed by atoms with E-state index >= 15 is 0 Å². The molecule has 0 atom stereocenters. The summed E-state index contributed by atoms with van der Waals surface area (Å²) in [4.78, 5) is 3.51. The van der Waals surface area contributed by atoms with Crippen molar-refractivity contribution in [1.29, 1.82) is 0 Å². The SMILES string of the molecule is Nc1nccc[n+]1[O-]. The number of nitrogens with zero attached hydrogens (tertiary/aromatic N) is 2. The Kier molecular flexibility index (Phi) is 0.997. The van der Waals surface area contributed by atoms with Gasteiger partial charge >= 0.3 is 5.95 Å². The van der Waals surface area contributed by atoms with E-state index in [1.165, 1.54) is 18.5 Å². The Morgan fingerprint density at radius 3 is 2.88 bits per heavy atom. The van der Waals surface area contributed by atoms with Gasteiger partial charge in [-0.3, -0.25) is 5.73 Å². The molecule has 0 aromatic carbocycles. The number of nitrogen functional groups attached to an aromatic ring is 1. The van der Waals surface area contributed by atoms with Crippen LogP contribution in [-0.4, -0.2) is 4.98 Å². The van der Waals surface area contributed by atoms with Gasteiger partial charge in [0, 0.05) is 6.07 Å². The first kappa shape index (κ1) is 4.83. The molecule has 0 aliphatic heterocycles. The van der Waals surface area contributed by atoms with E-state index in [1.54, 1.807) is 0 Å². The molecule has 1 aromatic heterocycles. The molecule has 4 heteroatoms. The van der Waals surface area contributed by atoms with Gasteiger partial charge in [-0.25, -0.2) is 4.73 Å². The molecule has 8 heavy (non-hydrogen) atoms. The normalized spacial score (nSPS) is 9.00. The highest BCUT2D eigenvalue weighted by Crippen LogP contribution is 1.79. The van der Waals surface area contributed by atoms with Crippen LogP contribution in [-0.2, 0) is 0 Å². The predicted molar refractivity (Wildman–Crippen MR) is 27.6 cm³/mol. The van der Waals surface area contributed by atoms with E-state index in [4.69, 9.17) is 5.73 Å². The molecular weight excluding hydrogens is 106 g/mol. The lowest BCUT2D eigenvalue weighted by Gasteiger charge is -1.99. The van der Waals surface area contributed by atoms with Gasteiger partial charge in [0.1, 0.15) is 6.20 Å². The van der Waals surface area contributed by atoms with Crippen molar-refractivity contribution in [3.8, 4) is 0 Å². The maximum atomic E-state index is 10.3. The van der Waals surface area contributed by atoms with E-state index in [0.29, 0.717) is 4.73 Å². The summed E-state index contributed by atoms with van der Waals surface area (Å²) < 4.78 is 0.500. The van der Waals surface area contributed by atoms with Gasteiger partial charge in [0.25, 0.3) is 0 Å². The van der Waals surface area contributed by atoms with Crippen LogP contribution in [0, 0.1) is 5.21 Å². The second-order valence-corrected chi connectivity index (χ2v) is 1.30. The minimum absolute atomic E-state index is 0.0208. The molecule has 1 rings (SSSR count). The van der Waals surface area contributed by atoms with Crippen LogP contribution < -0.4 is 10.5 Å². The van der Waals surface area contributed by atoms with Gasteiger partial charge in [0.2, 0.25) is 0 Å². The van der Waals surface area contributed by atoms with Gasteiger partial charge in [0.05, 0.1) is 6.20 Å². The van der Waals surface area contributed by atoms with Crippen LogP contribution in [0.2, 0.25) is 0 Å². The third kappa shape index (κ3) is 0.676. The van der Waals surface area contributed by atoms with Crippen LogP contribution in [0.1, 0.15) is 0 Å². The van der Waals surface area contributed by atoms with E-state index in [9.17, 15) is 5.21 Å². The minimum Gasteiger partial charge on any atom is -0.740 e. The van der Waals surface area contributed by atoms with Crippen molar-refractivity contribution in [3.63, 3.8) is 0 Å². The van der Waals surface area contributed by atoms with E-state index in [1.807, 2.05) is 0 Å². The minimum atomic E-state index is -0.0208. The van der Waals surface area contributed by atoms with Gasteiger partial charge in [-0.15, -0.1) is 0 Å². The standard InChI is InChI=1S/C4H5N3O/c5-4-6-2-1-3-7(4)8/h1-3H,(H2,5,6). The highest BCUT2D eigenvalue weighted by molar-refractivity contribution is 5.03. The Hall–Kier alpha value is -1.32. The highest BCUT2D eigenvalue weighted by atomic mass is 16.5. The Labute approximate surface area is 46.2 Å². The first-order valence-corrected chi connectivity index (χ1v) is 2.10. The zero-order valence-electron chi connectivity index (χ0n) is 4.11. The third-order valence-corrected chi connectivity index (χ3v) is 0.740. The zero-order chi connectivity index (χ0) is 5.98. The first-order chi connectivity index (χ1) is 3.80. The molecule has 4 nitrogen and oxygen atoms in total. The summed E-state index contributed by atoms with van der Waals surface area (Å²) in [7, 11) is 0. The average Bonchev–Trinajstić information content (AvgIpc) is 1.77. The molecule has 0 saturated carbocycles. The van der Waals surface area contributed by atoms with E-state index in [-0.39, 0.29) is 5.95 Å². The molecular formula is C4H5N3O. The maximum Gasteiger partial charge on any atom is 0.389 e. The average molecular weight is 111 g/mol. The quantitative estimate of drug-likeness (QED) is 0.355. The van der Waals surface area contributed by atoms with Crippen LogP contribution in [0.15, 0.2) is 18.5 Å². The van der Waals surface area contributed by atoms with Crippen molar-refractivity contribution in [1.82, 2.24) is 4.98 Å². The molecule has 0 aliphatic carbocycles. The lowest BCUT2D eigenvalue weighted by molar-refractivity contribution is -0.592. The van der Waals surface area contributed by atoms with Gasteiger partial charge in [0.15, 0.2) is 0 Å². The van der Waals surface area contributed by atoms with E-state index < -0.39 is 0 Å². The van der Waals surface area contributed by atoms with Crippen molar-refractivity contribution in [2.45, 2.75) is 0 Å². The Morgan fingerprint density at radius 2 is 2.50 bits per heavy atom. The summed E-state index contributed by atoms with van der Waals surface area (Å²) in [6.07, 6.45) is 2.76. The van der Waals surface area contributed by atoms with E-state index in [2.05, 4.69) is 4.98 Å².